The first-order valence-electron chi connectivity index (χ1n) is 6.65. The highest BCUT2D eigenvalue weighted by atomic mass is 16.2. The fourth-order valence-corrected chi connectivity index (χ4v) is 2.83. The van der Waals surface area contributed by atoms with E-state index in [2.05, 4.69) is 27.0 Å². The normalized spacial score (nSPS) is 17.8. The summed E-state index contributed by atoms with van der Waals surface area (Å²) in [5.41, 5.74) is 3.09. The molecule has 0 saturated carbocycles. The van der Waals surface area contributed by atoms with Gasteiger partial charge in [-0.2, -0.15) is 0 Å². The van der Waals surface area contributed by atoms with Crippen molar-refractivity contribution in [3.05, 3.63) is 60.2 Å². The monoisotopic (exact) mass is 263 g/mol. The Kier molecular flexibility index (Phi) is 2.36. The predicted octanol–water partition coefficient (Wildman–Crippen LogP) is 2.97. The molecule has 0 saturated heterocycles. The molecular weight excluding hydrogens is 250 g/mol. The molecule has 0 aliphatic carbocycles. The van der Waals surface area contributed by atoms with Gasteiger partial charge in [0.05, 0.1) is 23.5 Å². The fourth-order valence-electron chi connectivity index (χ4n) is 2.83. The number of fused-ring (bicyclic) bond motifs is 3. The Hall–Kier alpha value is -2.62. The number of hydrogen-bond donors (Lipinski definition) is 1. The van der Waals surface area contributed by atoms with Crippen LogP contribution in [0.25, 0.3) is 11.0 Å². The summed E-state index contributed by atoms with van der Waals surface area (Å²) >= 11 is 0. The van der Waals surface area contributed by atoms with Gasteiger partial charge < -0.3 is 4.57 Å². The summed E-state index contributed by atoms with van der Waals surface area (Å²) in [7, 11) is 0. The molecule has 0 unspecified atom stereocenters. The number of para-hydroxylation sites is 2. The van der Waals surface area contributed by atoms with Crippen LogP contribution in [0.3, 0.4) is 0 Å². The Morgan fingerprint density at radius 3 is 2.65 bits per heavy atom. The molecule has 3 aromatic rings. The van der Waals surface area contributed by atoms with Gasteiger partial charge in [0.25, 0.3) is 0 Å². The van der Waals surface area contributed by atoms with E-state index in [0.717, 1.165) is 16.6 Å². The van der Waals surface area contributed by atoms with Crippen molar-refractivity contribution >= 4 is 22.9 Å². The van der Waals surface area contributed by atoms with E-state index in [1.807, 2.05) is 42.5 Å². The molecule has 1 atom stereocenters. The highest BCUT2D eigenvalue weighted by Crippen LogP contribution is 2.34. The number of imidazole rings is 1. The third-order valence-corrected chi connectivity index (χ3v) is 3.72. The molecule has 1 N–H and O–H groups in total. The molecule has 98 valence electrons. The van der Waals surface area contributed by atoms with Gasteiger partial charge in [-0.3, -0.25) is 10.1 Å². The molecule has 4 rings (SSSR count). The van der Waals surface area contributed by atoms with E-state index >= 15 is 0 Å². The molecule has 2 heterocycles. The van der Waals surface area contributed by atoms with Crippen LogP contribution in [-0.4, -0.2) is 15.5 Å². The van der Waals surface area contributed by atoms with Crippen LogP contribution in [0.1, 0.15) is 18.0 Å². The third-order valence-electron chi connectivity index (χ3n) is 3.72. The van der Waals surface area contributed by atoms with E-state index in [1.54, 1.807) is 0 Å². The van der Waals surface area contributed by atoms with Gasteiger partial charge in [0, 0.05) is 0 Å². The van der Waals surface area contributed by atoms with Gasteiger partial charge in [0.1, 0.15) is 0 Å². The maximum atomic E-state index is 11.9. The van der Waals surface area contributed by atoms with Gasteiger partial charge in [0.15, 0.2) is 0 Å². The van der Waals surface area contributed by atoms with Crippen LogP contribution in [0.4, 0.5) is 5.95 Å². The van der Waals surface area contributed by atoms with Gasteiger partial charge in [-0.1, -0.05) is 42.5 Å². The molecule has 1 aromatic heterocycles. The Morgan fingerprint density at radius 1 is 1.05 bits per heavy atom. The van der Waals surface area contributed by atoms with Crippen molar-refractivity contribution in [3.8, 4) is 0 Å². The fraction of sp³-hybridized carbons (Fsp3) is 0.125. The van der Waals surface area contributed by atoms with Crippen molar-refractivity contribution in [3.63, 3.8) is 0 Å². The van der Waals surface area contributed by atoms with E-state index in [0.29, 0.717) is 12.4 Å². The van der Waals surface area contributed by atoms with Crippen LogP contribution in [0.5, 0.6) is 0 Å². The minimum Gasteiger partial charge on any atom is -0.302 e. The lowest BCUT2D eigenvalue weighted by Gasteiger charge is -2.26. The number of carbonyl (C=O) groups excluding carboxylic acids is 1. The summed E-state index contributed by atoms with van der Waals surface area (Å²) in [4.78, 5) is 16.4. The molecule has 1 amide bonds. The average Bonchev–Trinajstić information content (AvgIpc) is 2.85. The van der Waals surface area contributed by atoms with Gasteiger partial charge in [0.2, 0.25) is 11.9 Å². The third kappa shape index (κ3) is 1.61. The number of hydrogen-bond acceptors (Lipinski definition) is 2. The minimum atomic E-state index is 0.00681. The van der Waals surface area contributed by atoms with Crippen molar-refractivity contribution in [2.45, 2.75) is 12.5 Å². The Morgan fingerprint density at radius 2 is 1.80 bits per heavy atom. The summed E-state index contributed by atoms with van der Waals surface area (Å²) in [6, 6.07) is 18.1. The van der Waals surface area contributed by atoms with Gasteiger partial charge in [-0.25, -0.2) is 4.98 Å². The van der Waals surface area contributed by atoms with Crippen molar-refractivity contribution in [2.24, 2.45) is 0 Å². The molecule has 2 aromatic carbocycles. The molecule has 0 bridgehead atoms. The molecule has 1 aliphatic heterocycles. The zero-order valence-electron chi connectivity index (χ0n) is 10.8. The smallest absolute Gasteiger partial charge is 0.229 e. The number of carbonyl (C=O) groups is 1. The zero-order valence-corrected chi connectivity index (χ0v) is 10.8. The van der Waals surface area contributed by atoms with Crippen LogP contribution >= 0.6 is 0 Å². The van der Waals surface area contributed by atoms with E-state index in [4.69, 9.17) is 0 Å². The highest BCUT2D eigenvalue weighted by molar-refractivity contribution is 5.94. The Labute approximate surface area is 116 Å². The number of nitrogens with one attached hydrogen (secondary N) is 1. The SMILES string of the molecule is O=C1C[C@H](c2ccccc2)n2c(nc3ccccc32)N1. The first kappa shape index (κ1) is 11.2. The maximum Gasteiger partial charge on any atom is 0.229 e. The quantitative estimate of drug-likeness (QED) is 0.733. The standard InChI is InChI=1S/C16H13N3O/c20-15-10-14(11-6-2-1-3-7-11)19-13-9-5-4-8-12(13)17-16(19)18-15/h1-9,14H,10H2,(H,17,18,20)/t14-/m1/s1. The molecule has 1 aliphatic rings. The summed E-state index contributed by atoms with van der Waals surface area (Å²) in [6.45, 7) is 0. The van der Waals surface area contributed by atoms with Crippen molar-refractivity contribution < 1.29 is 4.79 Å². The number of nitrogens with zero attached hydrogens (tertiary/aromatic N) is 2. The molecule has 0 spiro atoms. The second-order valence-electron chi connectivity index (χ2n) is 4.97. The number of rotatable bonds is 1. The zero-order chi connectivity index (χ0) is 13.5. The lowest BCUT2D eigenvalue weighted by molar-refractivity contribution is -0.117. The Balaban J connectivity index is 1.97. The molecular formula is C16H13N3O. The molecule has 4 nitrogen and oxygen atoms in total. The first-order valence-corrected chi connectivity index (χ1v) is 6.65. The van der Waals surface area contributed by atoms with Gasteiger partial charge in [-0.15, -0.1) is 0 Å². The number of aromatic nitrogens is 2. The lowest BCUT2D eigenvalue weighted by atomic mass is 10.0. The molecule has 20 heavy (non-hydrogen) atoms. The maximum absolute atomic E-state index is 11.9. The molecule has 0 radical (unpaired) electrons. The van der Waals surface area contributed by atoms with Crippen molar-refractivity contribution in [2.75, 3.05) is 5.32 Å². The van der Waals surface area contributed by atoms with Crippen molar-refractivity contribution in [1.29, 1.82) is 0 Å². The number of benzene rings is 2. The first-order chi connectivity index (χ1) is 9.83. The summed E-state index contributed by atoms with van der Waals surface area (Å²) in [5.74, 6) is 0.651. The highest BCUT2D eigenvalue weighted by Gasteiger charge is 2.28. The molecule has 4 heteroatoms. The van der Waals surface area contributed by atoms with E-state index in [1.165, 1.54) is 0 Å². The topological polar surface area (TPSA) is 46.9 Å². The summed E-state index contributed by atoms with van der Waals surface area (Å²) in [5, 5.41) is 2.86. The lowest BCUT2D eigenvalue weighted by Crippen LogP contribution is -2.28. The van der Waals surface area contributed by atoms with Crippen LogP contribution in [0.2, 0.25) is 0 Å². The van der Waals surface area contributed by atoms with Crippen LogP contribution in [-0.2, 0) is 4.79 Å². The van der Waals surface area contributed by atoms with E-state index in [9.17, 15) is 4.79 Å². The van der Waals surface area contributed by atoms with Crippen LogP contribution in [0.15, 0.2) is 54.6 Å². The van der Waals surface area contributed by atoms with Gasteiger partial charge in [-0.05, 0) is 17.7 Å². The predicted molar refractivity (Wildman–Crippen MR) is 77.6 cm³/mol. The van der Waals surface area contributed by atoms with E-state index < -0.39 is 0 Å². The minimum absolute atomic E-state index is 0.00681. The summed E-state index contributed by atoms with van der Waals surface area (Å²) < 4.78 is 2.12. The van der Waals surface area contributed by atoms with E-state index in [-0.39, 0.29) is 11.9 Å². The van der Waals surface area contributed by atoms with Crippen LogP contribution < -0.4 is 5.32 Å². The summed E-state index contributed by atoms with van der Waals surface area (Å²) in [6.07, 6.45) is 0.442. The largest absolute Gasteiger partial charge is 0.302 e. The second kappa shape index (κ2) is 4.20. The van der Waals surface area contributed by atoms with Crippen LogP contribution in [0, 0.1) is 0 Å². The Bertz CT molecular complexity index is 792. The average molecular weight is 263 g/mol. The molecule has 0 fully saturated rings. The number of anilines is 1. The number of amides is 1. The van der Waals surface area contributed by atoms with Crippen molar-refractivity contribution in [1.82, 2.24) is 9.55 Å². The van der Waals surface area contributed by atoms with Gasteiger partial charge >= 0.3 is 0 Å². The second-order valence-corrected chi connectivity index (χ2v) is 4.97.